The number of primary amides is 1. The summed E-state index contributed by atoms with van der Waals surface area (Å²) in [5.41, 5.74) is 6.88. The summed E-state index contributed by atoms with van der Waals surface area (Å²) < 4.78 is 19.3. The van der Waals surface area contributed by atoms with Crippen molar-refractivity contribution in [3.8, 4) is 5.75 Å². The summed E-state index contributed by atoms with van der Waals surface area (Å²) >= 11 is 3.38. The van der Waals surface area contributed by atoms with Crippen LogP contribution in [0, 0.1) is 5.82 Å². The lowest BCUT2D eigenvalue weighted by Crippen LogP contribution is -2.39. The minimum absolute atomic E-state index is 0.0637. The van der Waals surface area contributed by atoms with Gasteiger partial charge in [0.2, 0.25) is 5.91 Å². The van der Waals surface area contributed by atoms with Crippen molar-refractivity contribution in [2.45, 2.75) is 19.0 Å². The molecule has 2 aromatic rings. The van der Waals surface area contributed by atoms with Crippen molar-refractivity contribution in [1.29, 1.82) is 0 Å². The molecule has 9 heteroatoms. The van der Waals surface area contributed by atoms with Gasteiger partial charge in [-0.25, -0.2) is 4.39 Å². The summed E-state index contributed by atoms with van der Waals surface area (Å²) in [5, 5.41) is 8.35. The van der Waals surface area contributed by atoms with Gasteiger partial charge in [-0.15, -0.1) is 0 Å². The SMILES string of the molecule is COc1ccc(Br)cc1CNC(=O)C1=NN(c2ccc(F)cc2)C(C(N)=O)C1. The Morgan fingerprint density at radius 3 is 2.68 bits per heavy atom. The molecule has 0 radical (unpaired) electrons. The monoisotopic (exact) mass is 448 g/mol. The lowest BCUT2D eigenvalue weighted by Gasteiger charge is -2.20. The number of nitrogens with zero attached hydrogens (tertiary/aromatic N) is 2. The number of hydrogen-bond acceptors (Lipinski definition) is 5. The maximum atomic E-state index is 13.2. The summed E-state index contributed by atoms with van der Waals surface area (Å²) in [6.45, 7) is 0.220. The molecule has 3 rings (SSSR count). The van der Waals surface area contributed by atoms with Gasteiger partial charge in [0.05, 0.1) is 12.8 Å². The average Bonchev–Trinajstić information content (AvgIpc) is 3.12. The molecule has 0 aliphatic carbocycles. The molecule has 0 aromatic heterocycles. The summed E-state index contributed by atoms with van der Waals surface area (Å²) in [6.07, 6.45) is 0.0637. The number of carbonyl (C=O) groups is 2. The van der Waals surface area contributed by atoms with Crippen molar-refractivity contribution < 1.29 is 18.7 Å². The molecule has 28 heavy (non-hydrogen) atoms. The van der Waals surface area contributed by atoms with Crippen molar-refractivity contribution in [2.75, 3.05) is 12.1 Å². The van der Waals surface area contributed by atoms with E-state index < -0.39 is 23.7 Å². The van der Waals surface area contributed by atoms with Crippen LogP contribution in [0.5, 0.6) is 5.75 Å². The van der Waals surface area contributed by atoms with Gasteiger partial charge in [0.1, 0.15) is 23.3 Å². The van der Waals surface area contributed by atoms with Gasteiger partial charge in [-0.05, 0) is 42.5 Å². The molecule has 1 heterocycles. The Balaban J connectivity index is 1.76. The fourth-order valence-electron chi connectivity index (χ4n) is 2.86. The number of carbonyl (C=O) groups excluding carboxylic acids is 2. The molecule has 146 valence electrons. The number of nitrogens with one attached hydrogen (secondary N) is 1. The predicted molar refractivity (Wildman–Crippen MR) is 106 cm³/mol. The molecule has 0 spiro atoms. The molecule has 0 fully saturated rings. The Bertz CT molecular complexity index is 933. The van der Waals surface area contributed by atoms with Crippen molar-refractivity contribution in [3.05, 3.63) is 58.3 Å². The van der Waals surface area contributed by atoms with Gasteiger partial charge in [-0.2, -0.15) is 5.10 Å². The van der Waals surface area contributed by atoms with E-state index in [2.05, 4.69) is 26.3 Å². The number of nitrogens with two attached hydrogens (primary N) is 1. The second-order valence-electron chi connectivity index (χ2n) is 6.13. The first-order valence-corrected chi connectivity index (χ1v) is 9.20. The second-order valence-corrected chi connectivity index (χ2v) is 7.04. The minimum atomic E-state index is -0.813. The molecule has 2 amide bonds. The van der Waals surface area contributed by atoms with Crippen LogP contribution in [0.15, 0.2) is 52.0 Å². The van der Waals surface area contributed by atoms with E-state index in [1.807, 2.05) is 12.1 Å². The highest BCUT2D eigenvalue weighted by atomic mass is 79.9. The zero-order valence-electron chi connectivity index (χ0n) is 15.0. The van der Waals surface area contributed by atoms with E-state index in [0.717, 1.165) is 10.0 Å². The third kappa shape index (κ3) is 4.30. The fourth-order valence-corrected chi connectivity index (χ4v) is 3.27. The number of ether oxygens (including phenoxy) is 1. The fraction of sp³-hybridized carbons (Fsp3) is 0.211. The predicted octanol–water partition coefficient (Wildman–Crippen LogP) is 2.33. The van der Waals surface area contributed by atoms with Crippen molar-refractivity contribution in [3.63, 3.8) is 0 Å². The van der Waals surface area contributed by atoms with Crippen LogP contribution in [0.25, 0.3) is 0 Å². The highest BCUT2D eigenvalue weighted by Gasteiger charge is 2.34. The van der Waals surface area contributed by atoms with E-state index >= 15 is 0 Å². The molecule has 1 aliphatic heterocycles. The molecule has 1 atom stereocenters. The molecule has 0 saturated heterocycles. The van der Waals surface area contributed by atoms with Crippen LogP contribution >= 0.6 is 15.9 Å². The largest absolute Gasteiger partial charge is 0.496 e. The Labute approximate surface area is 169 Å². The summed E-state index contributed by atoms with van der Waals surface area (Å²) in [5.74, 6) is -0.814. The van der Waals surface area contributed by atoms with Gasteiger partial charge in [-0.3, -0.25) is 14.6 Å². The highest BCUT2D eigenvalue weighted by molar-refractivity contribution is 9.10. The lowest BCUT2D eigenvalue weighted by molar-refractivity contribution is -0.119. The van der Waals surface area contributed by atoms with Crippen LogP contribution in [-0.2, 0) is 16.1 Å². The molecular weight excluding hydrogens is 431 g/mol. The zero-order chi connectivity index (χ0) is 20.3. The number of amides is 2. The van der Waals surface area contributed by atoms with Crippen molar-refractivity contribution in [1.82, 2.24) is 5.32 Å². The van der Waals surface area contributed by atoms with Crippen molar-refractivity contribution in [2.24, 2.45) is 10.8 Å². The smallest absolute Gasteiger partial charge is 0.267 e. The first-order chi connectivity index (χ1) is 13.4. The highest BCUT2D eigenvalue weighted by Crippen LogP contribution is 2.26. The van der Waals surface area contributed by atoms with Crippen LogP contribution in [0.3, 0.4) is 0 Å². The Morgan fingerprint density at radius 2 is 2.04 bits per heavy atom. The topological polar surface area (TPSA) is 97.0 Å². The van der Waals surface area contributed by atoms with Gasteiger partial charge in [0, 0.05) is 23.0 Å². The first-order valence-electron chi connectivity index (χ1n) is 8.41. The Kier molecular flexibility index (Phi) is 5.93. The van der Waals surface area contributed by atoms with Crippen LogP contribution < -0.4 is 20.8 Å². The maximum absolute atomic E-state index is 13.2. The zero-order valence-corrected chi connectivity index (χ0v) is 16.6. The molecule has 1 unspecified atom stereocenters. The standard InChI is InChI=1S/C19H18BrFN4O3/c1-28-17-7-2-12(20)8-11(17)10-23-19(27)15-9-16(18(22)26)25(24-15)14-5-3-13(21)4-6-14/h2-8,16H,9-10H2,1H3,(H2,22,26)(H,23,27). The molecule has 3 N–H and O–H groups in total. The molecule has 7 nitrogen and oxygen atoms in total. The Morgan fingerprint density at radius 1 is 1.32 bits per heavy atom. The lowest BCUT2D eigenvalue weighted by atomic mass is 10.1. The van der Waals surface area contributed by atoms with E-state index in [0.29, 0.717) is 11.4 Å². The molecule has 2 aromatic carbocycles. The van der Waals surface area contributed by atoms with E-state index in [1.165, 1.54) is 29.3 Å². The van der Waals surface area contributed by atoms with Gasteiger partial charge >= 0.3 is 0 Å². The number of hydrogen-bond donors (Lipinski definition) is 2. The van der Waals surface area contributed by atoms with E-state index in [-0.39, 0.29) is 18.7 Å². The van der Waals surface area contributed by atoms with E-state index in [9.17, 15) is 14.0 Å². The van der Waals surface area contributed by atoms with Gasteiger partial charge < -0.3 is 15.8 Å². The van der Waals surface area contributed by atoms with Gasteiger partial charge in [0.15, 0.2) is 0 Å². The number of hydrazone groups is 1. The van der Waals surface area contributed by atoms with E-state index in [1.54, 1.807) is 13.2 Å². The number of anilines is 1. The van der Waals surface area contributed by atoms with Crippen LogP contribution in [-0.4, -0.2) is 30.7 Å². The number of halogens is 2. The summed E-state index contributed by atoms with van der Waals surface area (Å²) in [4.78, 5) is 24.4. The average molecular weight is 449 g/mol. The number of benzene rings is 2. The quantitative estimate of drug-likeness (QED) is 0.708. The van der Waals surface area contributed by atoms with Crippen LogP contribution in [0.4, 0.5) is 10.1 Å². The summed E-state index contributed by atoms with van der Waals surface area (Å²) in [6, 6.07) is 10.1. The van der Waals surface area contributed by atoms with Crippen LogP contribution in [0.1, 0.15) is 12.0 Å². The first kappa shape index (κ1) is 19.8. The number of methoxy groups -OCH3 is 1. The molecule has 0 bridgehead atoms. The summed E-state index contributed by atoms with van der Waals surface area (Å²) in [7, 11) is 1.55. The molecule has 1 aliphatic rings. The minimum Gasteiger partial charge on any atom is -0.496 e. The Hall–Kier alpha value is -2.94. The third-order valence-corrected chi connectivity index (χ3v) is 4.77. The van der Waals surface area contributed by atoms with Gasteiger partial charge in [0.25, 0.3) is 5.91 Å². The maximum Gasteiger partial charge on any atom is 0.267 e. The van der Waals surface area contributed by atoms with Crippen LogP contribution in [0.2, 0.25) is 0 Å². The molecule has 0 saturated carbocycles. The second kappa shape index (κ2) is 8.39. The molecular formula is C19H18BrFN4O3. The van der Waals surface area contributed by atoms with Gasteiger partial charge in [-0.1, -0.05) is 15.9 Å². The third-order valence-electron chi connectivity index (χ3n) is 4.27. The normalized spacial score (nSPS) is 15.9. The number of rotatable bonds is 6. The van der Waals surface area contributed by atoms with E-state index in [4.69, 9.17) is 10.5 Å². The van der Waals surface area contributed by atoms with Crippen molar-refractivity contribution >= 4 is 39.1 Å².